The minimum atomic E-state index is 0. The number of nitrogens with one attached hydrogen (secondary N) is 2. The standard InChI is InChI=1S/C12H22N2O2.ClH/c15-12(10-4-3-6-13-8-10)14-9-11-5-1-2-7-16-11;/h10-11,13H,1-9H2,(H,14,15);1H. The van der Waals surface area contributed by atoms with Gasteiger partial charge in [-0.3, -0.25) is 4.79 Å². The van der Waals surface area contributed by atoms with Crippen molar-refractivity contribution in [3.8, 4) is 0 Å². The molecule has 1 amide bonds. The first kappa shape index (κ1) is 14.7. The van der Waals surface area contributed by atoms with Gasteiger partial charge in [0.25, 0.3) is 0 Å². The highest BCUT2D eigenvalue weighted by molar-refractivity contribution is 5.85. The van der Waals surface area contributed by atoms with Crippen LogP contribution in [-0.4, -0.2) is 38.3 Å². The predicted octanol–water partition coefficient (Wildman–Crippen LogP) is 1.09. The molecule has 5 heteroatoms. The Hall–Kier alpha value is -0.320. The topological polar surface area (TPSA) is 50.4 Å². The molecule has 0 radical (unpaired) electrons. The summed E-state index contributed by atoms with van der Waals surface area (Å²) in [5.74, 6) is 0.360. The first-order chi connectivity index (χ1) is 7.86. The third-order valence-corrected chi connectivity index (χ3v) is 3.45. The first-order valence-electron chi connectivity index (χ1n) is 6.46. The molecule has 2 unspecified atom stereocenters. The van der Waals surface area contributed by atoms with Crippen LogP contribution in [-0.2, 0) is 9.53 Å². The molecule has 17 heavy (non-hydrogen) atoms. The van der Waals surface area contributed by atoms with E-state index in [1.807, 2.05) is 0 Å². The molecule has 100 valence electrons. The lowest BCUT2D eigenvalue weighted by atomic mass is 9.98. The molecule has 0 aromatic carbocycles. The van der Waals surface area contributed by atoms with Gasteiger partial charge in [0, 0.05) is 19.7 Å². The fourth-order valence-corrected chi connectivity index (χ4v) is 2.40. The molecule has 2 rings (SSSR count). The quantitative estimate of drug-likeness (QED) is 0.801. The molecule has 0 saturated carbocycles. The Morgan fingerprint density at radius 1 is 1.29 bits per heavy atom. The average molecular weight is 263 g/mol. The molecule has 2 saturated heterocycles. The molecule has 0 aromatic rings. The summed E-state index contributed by atoms with van der Waals surface area (Å²) >= 11 is 0. The average Bonchev–Trinajstić information content (AvgIpc) is 2.38. The van der Waals surface area contributed by atoms with Crippen LogP contribution in [0.2, 0.25) is 0 Å². The molecule has 2 aliphatic heterocycles. The van der Waals surface area contributed by atoms with E-state index >= 15 is 0 Å². The zero-order valence-corrected chi connectivity index (χ0v) is 11.1. The van der Waals surface area contributed by atoms with Crippen LogP contribution in [0.5, 0.6) is 0 Å². The predicted molar refractivity (Wildman–Crippen MR) is 69.4 cm³/mol. The molecular weight excluding hydrogens is 240 g/mol. The summed E-state index contributed by atoms with van der Waals surface area (Å²) in [6.07, 6.45) is 5.85. The molecule has 4 nitrogen and oxygen atoms in total. The molecule has 0 bridgehead atoms. The van der Waals surface area contributed by atoms with Gasteiger partial charge in [-0.2, -0.15) is 0 Å². The first-order valence-corrected chi connectivity index (χ1v) is 6.46. The van der Waals surface area contributed by atoms with Crippen molar-refractivity contribution in [3.05, 3.63) is 0 Å². The fourth-order valence-electron chi connectivity index (χ4n) is 2.40. The van der Waals surface area contributed by atoms with E-state index in [9.17, 15) is 4.79 Å². The third kappa shape index (κ3) is 4.82. The highest BCUT2D eigenvalue weighted by atomic mass is 35.5. The summed E-state index contributed by atoms with van der Waals surface area (Å²) in [7, 11) is 0. The zero-order valence-electron chi connectivity index (χ0n) is 10.2. The van der Waals surface area contributed by atoms with E-state index in [2.05, 4.69) is 10.6 Å². The Morgan fingerprint density at radius 2 is 2.18 bits per heavy atom. The van der Waals surface area contributed by atoms with Crippen molar-refractivity contribution in [1.82, 2.24) is 10.6 Å². The van der Waals surface area contributed by atoms with Crippen LogP contribution in [0.3, 0.4) is 0 Å². The number of amides is 1. The largest absolute Gasteiger partial charge is 0.376 e. The Kier molecular flexibility index (Phi) is 6.85. The fraction of sp³-hybridized carbons (Fsp3) is 0.917. The molecule has 2 heterocycles. The van der Waals surface area contributed by atoms with Gasteiger partial charge in [0.1, 0.15) is 0 Å². The van der Waals surface area contributed by atoms with Crippen molar-refractivity contribution in [2.75, 3.05) is 26.2 Å². The van der Waals surface area contributed by atoms with E-state index in [-0.39, 0.29) is 30.3 Å². The number of carbonyl (C=O) groups is 1. The third-order valence-electron chi connectivity index (χ3n) is 3.45. The van der Waals surface area contributed by atoms with Crippen LogP contribution in [0.25, 0.3) is 0 Å². The zero-order chi connectivity index (χ0) is 11.2. The summed E-state index contributed by atoms with van der Waals surface area (Å²) in [5.41, 5.74) is 0. The van der Waals surface area contributed by atoms with E-state index in [0.29, 0.717) is 6.54 Å². The molecule has 2 fully saturated rings. The summed E-state index contributed by atoms with van der Waals surface area (Å²) < 4.78 is 5.59. The van der Waals surface area contributed by atoms with Gasteiger partial charge in [0.2, 0.25) is 5.91 Å². The van der Waals surface area contributed by atoms with Gasteiger partial charge >= 0.3 is 0 Å². The number of carbonyl (C=O) groups excluding carboxylic acids is 1. The van der Waals surface area contributed by atoms with Gasteiger partial charge in [0.15, 0.2) is 0 Å². The number of hydrogen-bond donors (Lipinski definition) is 2. The Bertz CT molecular complexity index is 227. The normalized spacial score (nSPS) is 29.2. The second-order valence-corrected chi connectivity index (χ2v) is 4.78. The summed E-state index contributed by atoms with van der Waals surface area (Å²) in [6, 6.07) is 0. The molecule has 0 aromatic heterocycles. The van der Waals surface area contributed by atoms with Crippen molar-refractivity contribution in [2.45, 2.75) is 38.2 Å². The SMILES string of the molecule is Cl.O=C(NCC1CCCCO1)C1CCCNC1. The van der Waals surface area contributed by atoms with Gasteiger partial charge in [-0.15, -0.1) is 12.4 Å². The van der Waals surface area contributed by atoms with Gasteiger partial charge < -0.3 is 15.4 Å². The molecule has 2 atom stereocenters. The van der Waals surface area contributed by atoms with Gasteiger partial charge in [-0.1, -0.05) is 0 Å². The minimum Gasteiger partial charge on any atom is -0.376 e. The van der Waals surface area contributed by atoms with Crippen molar-refractivity contribution in [3.63, 3.8) is 0 Å². The Labute approximate surface area is 109 Å². The number of rotatable bonds is 3. The van der Waals surface area contributed by atoms with Gasteiger partial charge in [0.05, 0.1) is 12.0 Å². The molecule has 0 aliphatic carbocycles. The Balaban J connectivity index is 0.00000144. The molecule has 0 spiro atoms. The van der Waals surface area contributed by atoms with Crippen LogP contribution >= 0.6 is 12.4 Å². The number of hydrogen-bond acceptors (Lipinski definition) is 3. The van der Waals surface area contributed by atoms with Crippen molar-refractivity contribution < 1.29 is 9.53 Å². The summed E-state index contributed by atoms with van der Waals surface area (Å²) in [6.45, 7) is 3.42. The van der Waals surface area contributed by atoms with Crippen molar-refractivity contribution in [2.24, 2.45) is 5.92 Å². The summed E-state index contributed by atoms with van der Waals surface area (Å²) in [4.78, 5) is 11.8. The van der Waals surface area contributed by atoms with Crippen LogP contribution in [0.4, 0.5) is 0 Å². The number of piperidine rings is 1. The Morgan fingerprint density at radius 3 is 2.82 bits per heavy atom. The van der Waals surface area contributed by atoms with E-state index in [4.69, 9.17) is 4.74 Å². The molecule has 2 aliphatic rings. The maximum Gasteiger partial charge on any atom is 0.224 e. The molecule has 2 N–H and O–H groups in total. The monoisotopic (exact) mass is 262 g/mol. The second-order valence-electron chi connectivity index (χ2n) is 4.78. The second kappa shape index (κ2) is 7.90. The molecular formula is C12H23ClN2O2. The van der Waals surface area contributed by atoms with E-state index < -0.39 is 0 Å². The maximum absolute atomic E-state index is 11.8. The highest BCUT2D eigenvalue weighted by Gasteiger charge is 2.22. The number of halogens is 1. The lowest BCUT2D eigenvalue weighted by molar-refractivity contribution is -0.126. The van der Waals surface area contributed by atoms with Crippen molar-refractivity contribution >= 4 is 18.3 Å². The van der Waals surface area contributed by atoms with Crippen LogP contribution in [0.15, 0.2) is 0 Å². The summed E-state index contributed by atoms with van der Waals surface area (Å²) in [5, 5.41) is 6.28. The smallest absolute Gasteiger partial charge is 0.224 e. The van der Waals surface area contributed by atoms with Crippen LogP contribution in [0.1, 0.15) is 32.1 Å². The van der Waals surface area contributed by atoms with Gasteiger partial charge in [-0.25, -0.2) is 0 Å². The minimum absolute atomic E-state index is 0. The van der Waals surface area contributed by atoms with Crippen molar-refractivity contribution in [1.29, 1.82) is 0 Å². The maximum atomic E-state index is 11.8. The van der Waals surface area contributed by atoms with E-state index in [1.165, 1.54) is 6.42 Å². The van der Waals surface area contributed by atoms with E-state index in [0.717, 1.165) is 45.4 Å². The number of ether oxygens (including phenoxy) is 1. The lowest BCUT2D eigenvalue weighted by Gasteiger charge is -2.25. The van der Waals surface area contributed by atoms with Crippen LogP contribution < -0.4 is 10.6 Å². The van der Waals surface area contributed by atoms with Crippen LogP contribution in [0, 0.1) is 5.92 Å². The van der Waals surface area contributed by atoms with E-state index in [1.54, 1.807) is 0 Å². The highest BCUT2D eigenvalue weighted by Crippen LogP contribution is 2.13. The lowest BCUT2D eigenvalue weighted by Crippen LogP contribution is -2.43. The van der Waals surface area contributed by atoms with Gasteiger partial charge in [-0.05, 0) is 38.6 Å².